The number of hydrogen-bond donors (Lipinski definition) is 1. The number of rotatable bonds is 6. The summed E-state index contributed by atoms with van der Waals surface area (Å²) in [5, 5.41) is 0. The van der Waals surface area contributed by atoms with E-state index >= 15 is 0 Å². The monoisotopic (exact) mass is 348 g/mol. The van der Waals surface area contributed by atoms with Crippen molar-refractivity contribution in [2.24, 2.45) is 5.73 Å². The van der Waals surface area contributed by atoms with Gasteiger partial charge in [0.05, 0.1) is 5.56 Å². The predicted molar refractivity (Wildman–Crippen MR) is 91.0 cm³/mol. The Bertz CT molecular complexity index is 619. The molecule has 1 fully saturated rings. The summed E-state index contributed by atoms with van der Waals surface area (Å²) in [6.45, 7) is 3.53. The lowest BCUT2D eigenvalue weighted by Crippen LogP contribution is -2.49. The molecule has 25 heavy (non-hydrogen) atoms. The van der Waals surface area contributed by atoms with Crippen molar-refractivity contribution in [3.05, 3.63) is 29.8 Å². The Hall–Kier alpha value is -2.57. The summed E-state index contributed by atoms with van der Waals surface area (Å²) in [5.74, 6) is -0.910. The molecule has 2 atom stereocenters. The van der Waals surface area contributed by atoms with Crippen molar-refractivity contribution in [3.8, 4) is 5.75 Å². The Labute approximate surface area is 147 Å². The van der Waals surface area contributed by atoms with Crippen LogP contribution in [0.4, 0.5) is 0 Å². The fourth-order valence-corrected chi connectivity index (χ4v) is 3.04. The van der Waals surface area contributed by atoms with E-state index in [4.69, 9.17) is 15.2 Å². The second kappa shape index (κ2) is 8.50. The average molecular weight is 348 g/mol. The highest BCUT2D eigenvalue weighted by Crippen LogP contribution is 2.22. The third-order valence-corrected chi connectivity index (χ3v) is 4.28. The Morgan fingerprint density at radius 1 is 1.08 bits per heavy atom. The molecule has 1 aromatic carbocycles. The maximum atomic E-state index is 12.3. The Kier molecular flexibility index (Phi) is 6.38. The van der Waals surface area contributed by atoms with Gasteiger partial charge in [0.25, 0.3) is 11.8 Å². The fraction of sp³-hybridized carbons (Fsp3) is 0.500. The molecule has 7 heteroatoms. The quantitative estimate of drug-likeness (QED) is 0.786. The number of carbonyl (C=O) groups excluding carboxylic acids is 3. The third-order valence-electron chi connectivity index (χ3n) is 4.28. The van der Waals surface area contributed by atoms with Crippen LogP contribution in [0.25, 0.3) is 0 Å². The van der Waals surface area contributed by atoms with Crippen LogP contribution in [0.2, 0.25) is 0 Å². The molecule has 1 aromatic rings. The van der Waals surface area contributed by atoms with Gasteiger partial charge in [-0.25, -0.2) is 4.79 Å². The summed E-state index contributed by atoms with van der Waals surface area (Å²) >= 11 is 0. The smallest absolute Gasteiger partial charge is 0.338 e. The van der Waals surface area contributed by atoms with Crippen molar-refractivity contribution >= 4 is 17.8 Å². The van der Waals surface area contributed by atoms with Gasteiger partial charge >= 0.3 is 5.97 Å². The minimum atomic E-state index is -0.580. The van der Waals surface area contributed by atoms with E-state index in [9.17, 15) is 14.4 Å². The zero-order valence-electron chi connectivity index (χ0n) is 14.6. The normalized spacial score (nSPS) is 20.0. The lowest BCUT2D eigenvalue weighted by Gasteiger charge is -2.38. The molecular weight excluding hydrogens is 324 g/mol. The second-order valence-electron chi connectivity index (χ2n) is 6.29. The van der Waals surface area contributed by atoms with Crippen LogP contribution in [0.3, 0.4) is 0 Å². The topological polar surface area (TPSA) is 98.9 Å². The molecule has 2 amide bonds. The standard InChI is InChI=1S/C18H24N2O5/c1-12-4-3-5-13(2)20(12)17(22)11-25-18(23)14-6-8-15(9-7-14)24-10-16(19)21/h6-9,12-13H,3-5,10-11H2,1-2H3,(H2,19,21)/t12-,13-/m1/s1. The SMILES string of the molecule is C[C@@H]1CCC[C@@H](C)N1C(=O)COC(=O)c1ccc(OCC(N)=O)cc1. The maximum absolute atomic E-state index is 12.3. The number of nitrogens with zero attached hydrogens (tertiary/aromatic N) is 1. The second-order valence-corrected chi connectivity index (χ2v) is 6.29. The minimum Gasteiger partial charge on any atom is -0.484 e. The molecule has 1 heterocycles. The lowest BCUT2D eigenvalue weighted by atomic mass is 9.97. The zero-order chi connectivity index (χ0) is 18.4. The van der Waals surface area contributed by atoms with Gasteiger partial charge in [-0.3, -0.25) is 9.59 Å². The first-order valence-electron chi connectivity index (χ1n) is 8.38. The van der Waals surface area contributed by atoms with Crippen molar-refractivity contribution in [2.75, 3.05) is 13.2 Å². The number of primary amides is 1. The number of carbonyl (C=O) groups is 3. The molecule has 0 unspecified atom stereocenters. The molecule has 2 N–H and O–H groups in total. The summed E-state index contributed by atoms with van der Waals surface area (Å²) < 4.78 is 10.2. The zero-order valence-corrected chi connectivity index (χ0v) is 14.6. The first-order valence-corrected chi connectivity index (χ1v) is 8.38. The Morgan fingerprint density at radius 3 is 2.24 bits per heavy atom. The van der Waals surface area contributed by atoms with Gasteiger partial charge in [0, 0.05) is 12.1 Å². The third kappa shape index (κ3) is 5.20. The van der Waals surface area contributed by atoms with E-state index in [-0.39, 0.29) is 31.2 Å². The fourth-order valence-electron chi connectivity index (χ4n) is 3.04. The van der Waals surface area contributed by atoms with Gasteiger partial charge in [0.2, 0.25) is 0 Å². The number of benzene rings is 1. The molecule has 136 valence electrons. The van der Waals surface area contributed by atoms with Gasteiger partial charge in [-0.1, -0.05) is 0 Å². The van der Waals surface area contributed by atoms with Gasteiger partial charge in [-0.05, 0) is 57.4 Å². The molecule has 0 radical (unpaired) electrons. The molecular formula is C18H24N2O5. The van der Waals surface area contributed by atoms with Crippen molar-refractivity contribution in [3.63, 3.8) is 0 Å². The molecule has 1 aliphatic rings. The van der Waals surface area contributed by atoms with Crippen LogP contribution < -0.4 is 10.5 Å². The summed E-state index contributed by atoms with van der Waals surface area (Å²) in [6, 6.07) is 6.42. The Morgan fingerprint density at radius 2 is 1.68 bits per heavy atom. The van der Waals surface area contributed by atoms with Crippen molar-refractivity contribution in [1.82, 2.24) is 4.90 Å². The number of nitrogens with two attached hydrogens (primary N) is 1. The van der Waals surface area contributed by atoms with Crippen molar-refractivity contribution < 1.29 is 23.9 Å². The highest BCUT2D eigenvalue weighted by atomic mass is 16.5. The highest BCUT2D eigenvalue weighted by Gasteiger charge is 2.29. The molecule has 1 aliphatic heterocycles. The summed E-state index contributed by atoms with van der Waals surface area (Å²) in [5.41, 5.74) is 5.30. The molecule has 0 spiro atoms. The van der Waals surface area contributed by atoms with Gasteiger partial charge < -0.3 is 20.1 Å². The number of hydrogen-bond acceptors (Lipinski definition) is 5. The number of piperidine rings is 1. The van der Waals surface area contributed by atoms with Crippen LogP contribution in [-0.2, 0) is 14.3 Å². The molecule has 0 bridgehead atoms. The molecule has 1 saturated heterocycles. The first-order chi connectivity index (χ1) is 11.9. The van der Waals surface area contributed by atoms with Gasteiger partial charge in [-0.2, -0.15) is 0 Å². The minimum absolute atomic E-state index is 0.164. The van der Waals surface area contributed by atoms with Crippen LogP contribution in [0.5, 0.6) is 5.75 Å². The molecule has 0 aliphatic carbocycles. The summed E-state index contributed by atoms with van der Waals surface area (Å²) in [4.78, 5) is 36.9. The average Bonchev–Trinajstić information content (AvgIpc) is 2.58. The predicted octanol–water partition coefficient (Wildman–Crippen LogP) is 1.50. The molecule has 7 nitrogen and oxygen atoms in total. The van der Waals surface area contributed by atoms with E-state index in [0.717, 1.165) is 19.3 Å². The Balaban J connectivity index is 1.87. The van der Waals surface area contributed by atoms with E-state index < -0.39 is 11.9 Å². The first kappa shape index (κ1) is 18.8. The molecule has 2 rings (SSSR count). The molecule has 0 saturated carbocycles. The summed E-state index contributed by atoms with van der Waals surface area (Å²) in [7, 11) is 0. The van der Waals surface area contributed by atoms with Gasteiger partial charge in [-0.15, -0.1) is 0 Å². The largest absolute Gasteiger partial charge is 0.484 e. The number of likely N-dealkylation sites (tertiary alicyclic amines) is 1. The highest BCUT2D eigenvalue weighted by molar-refractivity contribution is 5.91. The van der Waals surface area contributed by atoms with Crippen LogP contribution in [0.1, 0.15) is 43.5 Å². The number of esters is 1. The van der Waals surface area contributed by atoms with Crippen LogP contribution in [-0.4, -0.2) is 48.0 Å². The van der Waals surface area contributed by atoms with Gasteiger partial charge in [0.1, 0.15) is 5.75 Å². The van der Waals surface area contributed by atoms with Crippen LogP contribution >= 0.6 is 0 Å². The van der Waals surface area contributed by atoms with Crippen molar-refractivity contribution in [2.45, 2.75) is 45.2 Å². The van der Waals surface area contributed by atoms with E-state index in [2.05, 4.69) is 0 Å². The van der Waals surface area contributed by atoms with Crippen LogP contribution in [0.15, 0.2) is 24.3 Å². The van der Waals surface area contributed by atoms with Crippen LogP contribution in [0, 0.1) is 0 Å². The van der Waals surface area contributed by atoms with E-state index in [1.54, 1.807) is 4.90 Å². The van der Waals surface area contributed by atoms with E-state index in [1.807, 2.05) is 13.8 Å². The van der Waals surface area contributed by atoms with E-state index in [0.29, 0.717) is 11.3 Å². The molecule has 0 aromatic heterocycles. The van der Waals surface area contributed by atoms with Gasteiger partial charge in [0.15, 0.2) is 13.2 Å². The number of ether oxygens (including phenoxy) is 2. The number of amides is 2. The van der Waals surface area contributed by atoms with Crippen molar-refractivity contribution in [1.29, 1.82) is 0 Å². The maximum Gasteiger partial charge on any atom is 0.338 e. The van der Waals surface area contributed by atoms with E-state index in [1.165, 1.54) is 24.3 Å². The summed E-state index contributed by atoms with van der Waals surface area (Å²) in [6.07, 6.45) is 3.05. The lowest BCUT2D eigenvalue weighted by molar-refractivity contribution is -0.140.